The molecule has 18 heavy (non-hydrogen) atoms. The Labute approximate surface area is 116 Å². The van der Waals surface area contributed by atoms with Gasteiger partial charge in [0.2, 0.25) is 0 Å². The quantitative estimate of drug-likeness (QED) is 0.690. The molecule has 0 spiro atoms. The molecule has 6 heteroatoms. The van der Waals surface area contributed by atoms with Gasteiger partial charge >= 0.3 is 0 Å². The Morgan fingerprint density at radius 3 is 2.78 bits per heavy atom. The molecular formula is C12H7BrClN3O. The topological polar surface area (TPSA) is 39.8 Å². The predicted octanol–water partition coefficient (Wildman–Crippen LogP) is 3.00. The number of aromatic nitrogens is 3. The molecule has 0 atom stereocenters. The Bertz CT molecular complexity index is 793. The molecule has 1 aromatic carbocycles. The highest BCUT2D eigenvalue weighted by Gasteiger charge is 2.10. The van der Waals surface area contributed by atoms with E-state index in [2.05, 4.69) is 21.2 Å². The van der Waals surface area contributed by atoms with E-state index in [-0.39, 0.29) is 5.56 Å². The number of halogens is 2. The Kier molecular flexibility index (Phi) is 2.72. The highest BCUT2D eigenvalue weighted by molar-refractivity contribution is 9.08. The van der Waals surface area contributed by atoms with Crippen molar-refractivity contribution < 1.29 is 0 Å². The summed E-state index contributed by atoms with van der Waals surface area (Å²) in [6.45, 7) is 0. The smallest absolute Gasteiger partial charge is 0.266 e. The van der Waals surface area contributed by atoms with Gasteiger partial charge in [0, 0.05) is 6.20 Å². The van der Waals surface area contributed by atoms with Gasteiger partial charge in [-0.25, -0.2) is 0 Å². The van der Waals surface area contributed by atoms with Crippen molar-refractivity contribution in [1.29, 1.82) is 0 Å². The molecule has 2 aromatic heterocycles. The lowest BCUT2D eigenvalue weighted by atomic mass is 10.3. The molecule has 0 aliphatic heterocycles. The van der Waals surface area contributed by atoms with E-state index in [0.29, 0.717) is 16.1 Å². The van der Waals surface area contributed by atoms with Gasteiger partial charge in [0.05, 0.1) is 44.0 Å². The zero-order chi connectivity index (χ0) is 12.7. The van der Waals surface area contributed by atoms with Crippen LogP contribution in [0.25, 0.3) is 16.6 Å². The van der Waals surface area contributed by atoms with Gasteiger partial charge in [-0.2, -0.15) is 8.81 Å². The molecule has 0 aliphatic rings. The molecule has 90 valence electrons. The molecule has 0 bridgehead atoms. The second-order valence-corrected chi connectivity index (χ2v) is 4.82. The van der Waals surface area contributed by atoms with E-state index in [9.17, 15) is 4.79 Å². The molecule has 3 rings (SSSR count). The molecule has 0 saturated heterocycles. The largest absolute Gasteiger partial charge is 0.282 e. The van der Waals surface area contributed by atoms with Crippen LogP contribution in [0.2, 0.25) is 5.02 Å². The third kappa shape index (κ3) is 1.67. The fraction of sp³-hybridized carbons (Fsp3) is 0. The summed E-state index contributed by atoms with van der Waals surface area (Å²) < 4.78 is 3.00. The molecule has 2 heterocycles. The molecule has 0 aliphatic carbocycles. The number of nitrogens with zero attached hydrogens (tertiary/aromatic N) is 3. The summed E-state index contributed by atoms with van der Waals surface area (Å²) in [5, 5.41) is 5.07. The van der Waals surface area contributed by atoms with Crippen LogP contribution in [-0.2, 0) is 0 Å². The first-order valence-electron chi connectivity index (χ1n) is 5.19. The summed E-state index contributed by atoms with van der Waals surface area (Å²) in [4.78, 5) is 12.3. The van der Waals surface area contributed by atoms with Gasteiger partial charge in [-0.15, -0.1) is 0 Å². The van der Waals surface area contributed by atoms with E-state index in [0.717, 1.165) is 5.52 Å². The lowest BCUT2D eigenvalue weighted by Crippen LogP contribution is -2.17. The van der Waals surface area contributed by atoms with Crippen molar-refractivity contribution in [2.24, 2.45) is 0 Å². The lowest BCUT2D eigenvalue weighted by molar-refractivity contribution is 1.01. The number of fused-ring (bicyclic) bond motifs is 1. The Morgan fingerprint density at radius 2 is 2.00 bits per heavy atom. The molecule has 3 aromatic rings. The Hall–Kier alpha value is -1.59. The summed E-state index contributed by atoms with van der Waals surface area (Å²) in [5.74, 6) is 0. The third-order valence-corrected chi connectivity index (χ3v) is 3.59. The first kappa shape index (κ1) is 11.5. The average Bonchev–Trinajstić information content (AvgIpc) is 2.74. The van der Waals surface area contributed by atoms with Crippen LogP contribution in [-0.4, -0.2) is 13.4 Å². The van der Waals surface area contributed by atoms with E-state index in [1.807, 2.05) is 18.2 Å². The molecule has 0 N–H and O–H groups in total. The minimum atomic E-state index is -0.147. The van der Waals surface area contributed by atoms with Gasteiger partial charge in [0.1, 0.15) is 0 Å². The number of hydrogen-bond donors (Lipinski definition) is 0. The van der Waals surface area contributed by atoms with Crippen molar-refractivity contribution in [3.05, 3.63) is 58.1 Å². The lowest BCUT2D eigenvalue weighted by Gasteiger charge is -2.07. The molecule has 0 radical (unpaired) electrons. The van der Waals surface area contributed by atoms with Gasteiger partial charge in [0.15, 0.2) is 0 Å². The van der Waals surface area contributed by atoms with E-state index >= 15 is 0 Å². The van der Waals surface area contributed by atoms with Crippen LogP contribution < -0.4 is 5.56 Å². The fourth-order valence-electron chi connectivity index (χ4n) is 1.83. The maximum Gasteiger partial charge on any atom is 0.266 e. The van der Waals surface area contributed by atoms with Gasteiger partial charge in [0.25, 0.3) is 5.56 Å². The third-order valence-electron chi connectivity index (χ3n) is 2.71. The second-order valence-electron chi connectivity index (χ2n) is 3.75. The number of hydrogen-bond acceptors (Lipinski definition) is 2. The Balaban J connectivity index is 2.35. The van der Waals surface area contributed by atoms with E-state index in [1.165, 1.54) is 14.5 Å². The summed E-state index contributed by atoms with van der Waals surface area (Å²) >= 11 is 9.32. The zero-order valence-corrected chi connectivity index (χ0v) is 11.4. The average molecular weight is 325 g/mol. The van der Waals surface area contributed by atoms with Gasteiger partial charge in [-0.3, -0.25) is 9.36 Å². The van der Waals surface area contributed by atoms with Crippen LogP contribution in [0.3, 0.4) is 0 Å². The maximum atomic E-state index is 12.3. The SMILES string of the molecule is O=c1c2cnn(Br)c2ccn1-c1ccccc1Cl. The molecular weight excluding hydrogens is 318 g/mol. The van der Waals surface area contributed by atoms with Crippen molar-refractivity contribution in [2.45, 2.75) is 0 Å². The van der Waals surface area contributed by atoms with Crippen molar-refractivity contribution in [2.75, 3.05) is 0 Å². The fourth-order valence-corrected chi connectivity index (χ4v) is 2.46. The normalized spacial score (nSPS) is 11.0. The standard InChI is InChI=1S/C12H7BrClN3O/c13-17-10-5-6-16(12(18)8(10)7-15-17)11-4-2-1-3-9(11)14/h1-7H. The highest BCUT2D eigenvalue weighted by atomic mass is 79.9. The first-order chi connectivity index (χ1) is 8.68. The van der Waals surface area contributed by atoms with Crippen molar-refractivity contribution in [3.8, 4) is 5.69 Å². The van der Waals surface area contributed by atoms with E-state index in [1.54, 1.807) is 18.3 Å². The van der Waals surface area contributed by atoms with Crippen LogP contribution in [0.15, 0.2) is 47.5 Å². The number of pyridine rings is 1. The van der Waals surface area contributed by atoms with Crippen LogP contribution in [0.1, 0.15) is 0 Å². The predicted molar refractivity (Wildman–Crippen MR) is 74.7 cm³/mol. The van der Waals surface area contributed by atoms with Crippen molar-refractivity contribution >= 4 is 38.7 Å². The van der Waals surface area contributed by atoms with Crippen molar-refractivity contribution in [3.63, 3.8) is 0 Å². The van der Waals surface area contributed by atoms with Gasteiger partial charge in [-0.1, -0.05) is 23.7 Å². The van der Waals surface area contributed by atoms with Crippen molar-refractivity contribution in [1.82, 2.24) is 13.4 Å². The van der Waals surface area contributed by atoms with Crippen LogP contribution in [0.5, 0.6) is 0 Å². The minimum absolute atomic E-state index is 0.147. The molecule has 0 saturated carbocycles. The number of rotatable bonds is 1. The van der Waals surface area contributed by atoms with E-state index in [4.69, 9.17) is 11.6 Å². The second kappa shape index (κ2) is 4.26. The van der Waals surface area contributed by atoms with Crippen LogP contribution in [0.4, 0.5) is 0 Å². The molecule has 0 unspecified atom stereocenters. The summed E-state index contributed by atoms with van der Waals surface area (Å²) in [6, 6.07) is 9.02. The van der Waals surface area contributed by atoms with Crippen LogP contribution in [0, 0.1) is 0 Å². The highest BCUT2D eigenvalue weighted by Crippen LogP contribution is 2.19. The molecule has 0 fully saturated rings. The van der Waals surface area contributed by atoms with E-state index < -0.39 is 0 Å². The Morgan fingerprint density at radius 1 is 1.22 bits per heavy atom. The summed E-state index contributed by atoms with van der Waals surface area (Å²) in [7, 11) is 0. The van der Waals surface area contributed by atoms with Gasteiger partial charge < -0.3 is 0 Å². The van der Waals surface area contributed by atoms with Crippen LogP contribution >= 0.6 is 27.7 Å². The maximum absolute atomic E-state index is 12.3. The minimum Gasteiger partial charge on any atom is -0.282 e. The number of benzene rings is 1. The number of para-hydroxylation sites is 1. The molecule has 0 amide bonds. The summed E-state index contributed by atoms with van der Waals surface area (Å²) in [6.07, 6.45) is 3.21. The monoisotopic (exact) mass is 323 g/mol. The molecule has 4 nitrogen and oxygen atoms in total. The summed E-state index contributed by atoms with van der Waals surface area (Å²) in [5.41, 5.74) is 1.24. The van der Waals surface area contributed by atoms with Gasteiger partial charge in [-0.05, 0) is 18.2 Å². The first-order valence-corrected chi connectivity index (χ1v) is 6.27. The zero-order valence-electron chi connectivity index (χ0n) is 9.05.